The lowest BCUT2D eigenvalue weighted by atomic mass is 9.74. The van der Waals surface area contributed by atoms with Crippen molar-refractivity contribution in [3.05, 3.63) is 162 Å². The Balaban J connectivity index is 1.32. The fourth-order valence-electron chi connectivity index (χ4n) is 6.68. The van der Waals surface area contributed by atoms with E-state index in [1.165, 1.54) is 10.5 Å². The Morgan fingerprint density at radius 1 is 0.500 bits per heavy atom. The van der Waals surface area contributed by atoms with Crippen LogP contribution < -0.4 is 0 Å². The van der Waals surface area contributed by atoms with E-state index in [1.807, 2.05) is 78.9 Å². The molecule has 0 unspecified atom stereocenters. The summed E-state index contributed by atoms with van der Waals surface area (Å²) in [6.45, 7) is 4.43. The third-order valence-electron chi connectivity index (χ3n) is 9.04. The van der Waals surface area contributed by atoms with Gasteiger partial charge in [0.05, 0.1) is 5.56 Å². The fraction of sp³-hybridized carbons (Fsp3) is 0.0698. The van der Waals surface area contributed by atoms with Crippen LogP contribution in [0, 0.1) is 11.3 Å². The molecule has 1 aromatic heterocycles. The van der Waals surface area contributed by atoms with Gasteiger partial charge in [-0.15, -0.1) is 0 Å². The summed E-state index contributed by atoms with van der Waals surface area (Å²) in [7, 11) is 0. The number of nitriles is 1. The van der Waals surface area contributed by atoms with E-state index in [4.69, 9.17) is 15.0 Å². The molecule has 1 aliphatic rings. The van der Waals surface area contributed by atoms with Crippen molar-refractivity contribution in [3.8, 4) is 62.5 Å². The van der Waals surface area contributed by atoms with Crippen LogP contribution in [0.25, 0.3) is 56.4 Å². The molecule has 0 atom stereocenters. The molecular weight excluding hydrogens is 605 g/mol. The highest BCUT2D eigenvalue weighted by Crippen LogP contribution is 2.52. The molecule has 4 nitrogen and oxygen atoms in total. The van der Waals surface area contributed by atoms with Gasteiger partial charge in [-0.1, -0.05) is 153 Å². The van der Waals surface area contributed by atoms with Crippen molar-refractivity contribution < 1.29 is 0 Å². The van der Waals surface area contributed by atoms with Crippen molar-refractivity contribution in [3.63, 3.8) is 0 Å². The van der Waals surface area contributed by atoms with Crippen molar-refractivity contribution in [2.45, 2.75) is 29.1 Å². The van der Waals surface area contributed by atoms with E-state index >= 15 is 0 Å². The van der Waals surface area contributed by atoms with Crippen LogP contribution in [0.2, 0.25) is 0 Å². The van der Waals surface area contributed by atoms with E-state index in [9.17, 15) is 5.26 Å². The second-order valence-electron chi connectivity index (χ2n) is 12.4. The van der Waals surface area contributed by atoms with Gasteiger partial charge in [0.2, 0.25) is 0 Å². The molecule has 0 radical (unpaired) electrons. The number of hydrogen-bond donors (Lipinski definition) is 0. The number of rotatable bonds is 5. The molecule has 0 fully saturated rings. The van der Waals surface area contributed by atoms with Gasteiger partial charge in [-0.3, -0.25) is 0 Å². The highest BCUT2D eigenvalue weighted by molar-refractivity contribution is 7.99. The maximum Gasteiger partial charge on any atom is 0.164 e. The molecule has 5 heteroatoms. The van der Waals surface area contributed by atoms with Crippen molar-refractivity contribution in [2.24, 2.45) is 0 Å². The standard InChI is InChI=1S/C43H30N4S/c1-43(2)36-22-11-12-23-37(36)48-38-25-24-33(35(27-44)39(38)43)32-20-9-10-21-34(32)42-46-40(29-16-7-4-8-17-29)45-41(47-42)31-19-13-18-30(26-31)28-14-5-3-6-15-28/h3-26H,1-2H3. The van der Waals surface area contributed by atoms with Crippen molar-refractivity contribution in [2.75, 3.05) is 0 Å². The second-order valence-corrected chi connectivity index (χ2v) is 13.4. The Morgan fingerprint density at radius 3 is 1.83 bits per heavy atom. The van der Waals surface area contributed by atoms with Gasteiger partial charge < -0.3 is 0 Å². The summed E-state index contributed by atoms with van der Waals surface area (Å²) in [6.07, 6.45) is 0. The minimum Gasteiger partial charge on any atom is -0.208 e. The Labute approximate surface area is 284 Å². The SMILES string of the molecule is CC1(C)c2ccccc2Sc2ccc(-c3ccccc3-c3nc(-c4ccccc4)nc(-c4cccc(-c5ccccc5)c4)n3)c(C#N)c21. The van der Waals surface area contributed by atoms with Gasteiger partial charge in [0.1, 0.15) is 6.07 Å². The van der Waals surface area contributed by atoms with E-state index in [0.29, 0.717) is 23.0 Å². The first-order chi connectivity index (χ1) is 23.5. The number of benzene rings is 6. The maximum atomic E-state index is 10.8. The van der Waals surface area contributed by atoms with Crippen LogP contribution in [0.4, 0.5) is 0 Å². The summed E-state index contributed by atoms with van der Waals surface area (Å²) in [5.74, 6) is 1.74. The predicted molar refractivity (Wildman–Crippen MR) is 194 cm³/mol. The van der Waals surface area contributed by atoms with Crippen molar-refractivity contribution in [1.82, 2.24) is 15.0 Å². The summed E-state index contributed by atoms with van der Waals surface area (Å²) in [4.78, 5) is 17.5. The normalized spacial score (nSPS) is 12.9. The first-order valence-corrected chi connectivity index (χ1v) is 16.7. The van der Waals surface area contributed by atoms with E-state index in [2.05, 4.69) is 86.6 Å². The third kappa shape index (κ3) is 5.17. The third-order valence-corrected chi connectivity index (χ3v) is 10.2. The van der Waals surface area contributed by atoms with E-state index in [-0.39, 0.29) is 5.41 Å². The van der Waals surface area contributed by atoms with Crippen LogP contribution in [0.1, 0.15) is 30.5 Å². The summed E-state index contributed by atoms with van der Waals surface area (Å²) in [5.41, 5.74) is 9.26. The molecule has 0 saturated heterocycles. The lowest BCUT2D eigenvalue weighted by molar-refractivity contribution is 0.605. The molecule has 2 heterocycles. The Morgan fingerprint density at radius 2 is 1.08 bits per heavy atom. The number of nitrogens with zero attached hydrogens (tertiary/aromatic N) is 4. The maximum absolute atomic E-state index is 10.8. The largest absolute Gasteiger partial charge is 0.208 e. The molecule has 0 aliphatic carbocycles. The molecule has 228 valence electrons. The lowest BCUT2D eigenvalue weighted by Gasteiger charge is -2.36. The minimum atomic E-state index is -0.349. The minimum absolute atomic E-state index is 0.349. The first-order valence-electron chi connectivity index (χ1n) is 15.9. The second kappa shape index (κ2) is 12.1. The van der Waals surface area contributed by atoms with Gasteiger partial charge in [0.15, 0.2) is 17.5 Å². The van der Waals surface area contributed by atoms with Crippen LogP contribution in [-0.4, -0.2) is 15.0 Å². The number of fused-ring (bicyclic) bond motifs is 2. The molecule has 0 bridgehead atoms. The predicted octanol–water partition coefficient (Wildman–Crippen LogP) is 10.9. The highest BCUT2D eigenvalue weighted by Gasteiger charge is 2.36. The van der Waals surface area contributed by atoms with Gasteiger partial charge in [-0.05, 0) is 46.0 Å². The zero-order valence-corrected chi connectivity index (χ0v) is 27.4. The molecular formula is C43H30N4S. The summed E-state index contributed by atoms with van der Waals surface area (Å²) in [5, 5.41) is 10.8. The Kier molecular flexibility index (Phi) is 7.44. The average molecular weight is 635 g/mol. The zero-order chi connectivity index (χ0) is 32.7. The molecule has 6 aromatic carbocycles. The topological polar surface area (TPSA) is 62.5 Å². The van der Waals surface area contributed by atoms with E-state index in [0.717, 1.165) is 49.4 Å². The van der Waals surface area contributed by atoms with Crippen LogP contribution in [0.15, 0.2) is 155 Å². The van der Waals surface area contributed by atoms with E-state index in [1.54, 1.807) is 11.8 Å². The molecule has 1 aliphatic heterocycles. The smallest absolute Gasteiger partial charge is 0.164 e. The van der Waals surface area contributed by atoms with Crippen LogP contribution in [0.3, 0.4) is 0 Å². The summed E-state index contributed by atoms with van der Waals surface area (Å²) in [6, 6.07) is 52.1. The molecule has 7 aromatic rings. The average Bonchev–Trinajstić information content (AvgIpc) is 3.15. The number of hydrogen-bond acceptors (Lipinski definition) is 5. The van der Waals surface area contributed by atoms with Gasteiger partial charge in [0, 0.05) is 37.5 Å². The Bertz CT molecular complexity index is 2360. The van der Waals surface area contributed by atoms with Gasteiger partial charge in [0.25, 0.3) is 0 Å². The molecule has 0 spiro atoms. The first kappa shape index (κ1) is 29.6. The molecule has 0 N–H and O–H groups in total. The van der Waals surface area contributed by atoms with E-state index < -0.39 is 0 Å². The Hall–Kier alpha value is -5.83. The monoisotopic (exact) mass is 634 g/mol. The molecule has 8 rings (SSSR count). The molecule has 0 amide bonds. The highest BCUT2D eigenvalue weighted by atomic mass is 32.2. The van der Waals surface area contributed by atoms with Crippen LogP contribution in [-0.2, 0) is 5.41 Å². The van der Waals surface area contributed by atoms with Gasteiger partial charge >= 0.3 is 0 Å². The zero-order valence-electron chi connectivity index (χ0n) is 26.6. The quantitative estimate of drug-likeness (QED) is 0.188. The summed E-state index contributed by atoms with van der Waals surface area (Å²) >= 11 is 1.73. The molecule has 0 saturated carbocycles. The van der Waals surface area contributed by atoms with Crippen molar-refractivity contribution in [1.29, 1.82) is 5.26 Å². The fourth-order valence-corrected chi connectivity index (χ4v) is 8.09. The number of aromatic nitrogens is 3. The van der Waals surface area contributed by atoms with Gasteiger partial charge in [-0.25, -0.2) is 15.0 Å². The molecule has 48 heavy (non-hydrogen) atoms. The van der Waals surface area contributed by atoms with Crippen molar-refractivity contribution >= 4 is 11.8 Å². The van der Waals surface area contributed by atoms with Gasteiger partial charge in [-0.2, -0.15) is 5.26 Å². The lowest BCUT2D eigenvalue weighted by Crippen LogP contribution is -2.25. The van der Waals surface area contributed by atoms with Crippen LogP contribution >= 0.6 is 11.8 Å². The summed E-state index contributed by atoms with van der Waals surface area (Å²) < 4.78 is 0. The van der Waals surface area contributed by atoms with Crippen LogP contribution in [0.5, 0.6) is 0 Å².